The van der Waals surface area contributed by atoms with Gasteiger partial charge in [0.2, 0.25) is 5.91 Å². The van der Waals surface area contributed by atoms with Gasteiger partial charge in [0, 0.05) is 34.8 Å². The van der Waals surface area contributed by atoms with Crippen LogP contribution in [0.1, 0.15) is 5.56 Å². The van der Waals surface area contributed by atoms with E-state index in [1.54, 1.807) is 28.8 Å². The van der Waals surface area contributed by atoms with E-state index in [1.165, 1.54) is 38.1 Å². The van der Waals surface area contributed by atoms with Crippen molar-refractivity contribution in [2.75, 3.05) is 25.3 Å². The third-order valence-corrected chi connectivity index (χ3v) is 6.65. The Labute approximate surface area is 221 Å². The first kappa shape index (κ1) is 25.0. The topological polar surface area (TPSA) is 134 Å². The van der Waals surface area contributed by atoms with Crippen molar-refractivity contribution in [1.29, 1.82) is 0 Å². The van der Waals surface area contributed by atoms with E-state index in [9.17, 15) is 14.9 Å². The number of nitro groups is 1. The van der Waals surface area contributed by atoms with E-state index in [4.69, 9.17) is 19.4 Å². The van der Waals surface area contributed by atoms with Gasteiger partial charge in [0.25, 0.3) is 5.69 Å². The van der Waals surface area contributed by atoms with E-state index in [0.29, 0.717) is 50.3 Å². The van der Waals surface area contributed by atoms with Gasteiger partial charge in [-0.05, 0) is 42.8 Å². The van der Waals surface area contributed by atoms with Gasteiger partial charge in [-0.3, -0.25) is 14.9 Å². The molecule has 0 unspecified atom stereocenters. The van der Waals surface area contributed by atoms with Crippen molar-refractivity contribution in [3.63, 3.8) is 0 Å². The summed E-state index contributed by atoms with van der Waals surface area (Å²) in [6.07, 6.45) is 0. The van der Waals surface area contributed by atoms with Crippen molar-refractivity contribution in [2.24, 2.45) is 0 Å². The number of ether oxygens (including phenoxy) is 2. The second-order valence-electron chi connectivity index (χ2n) is 8.30. The highest BCUT2D eigenvalue weighted by Crippen LogP contribution is 2.35. The number of aromatic nitrogens is 4. The van der Waals surface area contributed by atoms with Gasteiger partial charge < -0.3 is 14.8 Å². The van der Waals surface area contributed by atoms with E-state index in [-0.39, 0.29) is 17.3 Å². The average molecular weight is 531 g/mol. The van der Waals surface area contributed by atoms with Gasteiger partial charge in [0.05, 0.1) is 30.4 Å². The van der Waals surface area contributed by atoms with Crippen molar-refractivity contribution in [1.82, 2.24) is 19.6 Å². The van der Waals surface area contributed by atoms with Gasteiger partial charge in [-0.2, -0.15) is 4.52 Å². The lowest BCUT2D eigenvalue weighted by molar-refractivity contribution is -0.384. The summed E-state index contributed by atoms with van der Waals surface area (Å²) in [4.78, 5) is 32.7. The maximum atomic E-state index is 12.7. The second kappa shape index (κ2) is 10.3. The van der Waals surface area contributed by atoms with Crippen molar-refractivity contribution in [3.05, 3.63) is 76.3 Å². The highest BCUT2D eigenvalue weighted by molar-refractivity contribution is 7.99. The number of non-ortho nitro benzene ring substituents is 1. The molecule has 1 N–H and O–H groups in total. The normalized spacial score (nSPS) is 11.0. The molecule has 2 heterocycles. The van der Waals surface area contributed by atoms with Crippen LogP contribution in [0.2, 0.25) is 0 Å². The number of methoxy groups -OCH3 is 2. The molecule has 0 spiro atoms. The molecule has 0 aliphatic rings. The smallest absolute Gasteiger partial charge is 0.269 e. The highest BCUT2D eigenvalue weighted by atomic mass is 32.2. The Morgan fingerprint density at radius 3 is 2.47 bits per heavy atom. The van der Waals surface area contributed by atoms with Crippen LogP contribution in [0.3, 0.4) is 0 Å². The van der Waals surface area contributed by atoms with Crippen molar-refractivity contribution in [2.45, 2.75) is 12.1 Å². The summed E-state index contributed by atoms with van der Waals surface area (Å²) in [6.45, 7) is 1.96. The molecule has 0 radical (unpaired) electrons. The zero-order chi connectivity index (χ0) is 26.8. The number of benzene rings is 3. The summed E-state index contributed by atoms with van der Waals surface area (Å²) in [5, 5.41) is 19.7. The van der Waals surface area contributed by atoms with E-state index < -0.39 is 4.92 Å². The predicted molar refractivity (Wildman–Crippen MR) is 144 cm³/mol. The molecule has 0 atom stereocenters. The summed E-state index contributed by atoms with van der Waals surface area (Å²) < 4.78 is 12.5. The molecule has 192 valence electrons. The standard InChI is InChI=1S/C26H22N6O5S/c1-15-5-4-6-17(11-15)27-23(33)14-38-26-28-20-13-22(37-3)21(36-2)12-19(20)25-29-24(30-31(25)26)16-7-9-18(10-8-16)32(34)35/h4-13H,14H2,1-3H3,(H,27,33). The van der Waals surface area contributed by atoms with E-state index in [2.05, 4.69) is 10.4 Å². The molecule has 0 aliphatic heterocycles. The molecule has 38 heavy (non-hydrogen) atoms. The molecule has 0 aliphatic carbocycles. The van der Waals surface area contributed by atoms with E-state index >= 15 is 0 Å². The summed E-state index contributed by atoms with van der Waals surface area (Å²) in [5.74, 6) is 1.25. The van der Waals surface area contributed by atoms with Crippen molar-refractivity contribution in [3.8, 4) is 22.9 Å². The fourth-order valence-electron chi connectivity index (χ4n) is 3.91. The molecular formula is C26H22N6O5S. The largest absolute Gasteiger partial charge is 0.493 e. The Morgan fingerprint density at radius 2 is 1.79 bits per heavy atom. The summed E-state index contributed by atoms with van der Waals surface area (Å²) in [7, 11) is 3.08. The fourth-order valence-corrected chi connectivity index (χ4v) is 4.65. The molecule has 0 saturated heterocycles. The Bertz CT molecular complexity index is 1690. The molecule has 1 amide bonds. The maximum absolute atomic E-state index is 12.7. The van der Waals surface area contributed by atoms with Crippen LogP contribution in [0.5, 0.6) is 11.5 Å². The summed E-state index contributed by atoms with van der Waals surface area (Å²) >= 11 is 1.21. The molecule has 0 saturated carbocycles. The minimum absolute atomic E-state index is 0.0303. The second-order valence-corrected chi connectivity index (χ2v) is 9.24. The van der Waals surface area contributed by atoms with Crippen LogP contribution in [0.15, 0.2) is 65.8 Å². The first-order chi connectivity index (χ1) is 18.4. The molecule has 5 aromatic rings. The number of nitro benzene ring substituents is 1. The minimum Gasteiger partial charge on any atom is -0.493 e. The van der Waals surface area contributed by atoms with Crippen LogP contribution < -0.4 is 14.8 Å². The molecule has 0 bridgehead atoms. The predicted octanol–water partition coefficient (Wildman–Crippen LogP) is 4.91. The first-order valence-corrected chi connectivity index (χ1v) is 12.4. The minimum atomic E-state index is -0.464. The average Bonchev–Trinajstić information content (AvgIpc) is 3.37. The van der Waals surface area contributed by atoms with Gasteiger partial charge in [-0.15, -0.1) is 5.10 Å². The van der Waals surface area contributed by atoms with Crippen LogP contribution >= 0.6 is 11.8 Å². The SMILES string of the molecule is COc1cc2nc(SCC(=O)Nc3cccc(C)c3)n3nc(-c4ccc([N+](=O)[O-])cc4)nc3c2cc1OC. The number of anilines is 1. The number of hydrogen-bond donors (Lipinski definition) is 1. The molecule has 11 nitrogen and oxygen atoms in total. The lowest BCUT2D eigenvalue weighted by atomic mass is 10.2. The quantitative estimate of drug-likeness (QED) is 0.129. The summed E-state index contributed by atoms with van der Waals surface area (Å²) in [6, 6.07) is 17.0. The number of amides is 1. The van der Waals surface area contributed by atoms with Crippen LogP contribution in [0, 0.1) is 17.0 Å². The Kier molecular flexibility index (Phi) is 6.79. The lowest BCUT2D eigenvalue weighted by Gasteiger charge is -2.11. The zero-order valence-electron chi connectivity index (χ0n) is 20.7. The number of aryl methyl sites for hydroxylation is 1. The van der Waals surface area contributed by atoms with Crippen LogP contribution in [0.25, 0.3) is 27.9 Å². The zero-order valence-corrected chi connectivity index (χ0v) is 21.5. The molecule has 3 aromatic carbocycles. The fraction of sp³-hybridized carbons (Fsp3) is 0.154. The number of rotatable bonds is 8. The van der Waals surface area contributed by atoms with Gasteiger partial charge >= 0.3 is 0 Å². The van der Waals surface area contributed by atoms with E-state index in [1.807, 2.05) is 31.2 Å². The van der Waals surface area contributed by atoms with Crippen LogP contribution in [0.4, 0.5) is 11.4 Å². The molecule has 2 aromatic heterocycles. The van der Waals surface area contributed by atoms with Crippen LogP contribution in [-0.2, 0) is 4.79 Å². The molecule has 12 heteroatoms. The van der Waals surface area contributed by atoms with Crippen LogP contribution in [-0.4, -0.2) is 50.4 Å². The Hall–Kier alpha value is -4.71. The molecular weight excluding hydrogens is 508 g/mol. The van der Waals surface area contributed by atoms with Crippen molar-refractivity contribution < 1.29 is 19.2 Å². The molecule has 0 fully saturated rings. The van der Waals surface area contributed by atoms with Gasteiger partial charge in [-0.25, -0.2) is 9.97 Å². The number of fused-ring (bicyclic) bond motifs is 3. The third kappa shape index (κ3) is 4.93. The van der Waals surface area contributed by atoms with E-state index in [0.717, 1.165) is 5.56 Å². The number of carbonyl (C=O) groups excluding carboxylic acids is 1. The van der Waals surface area contributed by atoms with Crippen molar-refractivity contribution >= 4 is 45.6 Å². The van der Waals surface area contributed by atoms with Gasteiger partial charge in [-0.1, -0.05) is 23.9 Å². The first-order valence-electron chi connectivity index (χ1n) is 11.4. The highest BCUT2D eigenvalue weighted by Gasteiger charge is 2.19. The number of thioether (sulfide) groups is 1. The lowest BCUT2D eigenvalue weighted by Crippen LogP contribution is -2.14. The maximum Gasteiger partial charge on any atom is 0.269 e. The van der Waals surface area contributed by atoms with Gasteiger partial charge in [0.1, 0.15) is 0 Å². The summed E-state index contributed by atoms with van der Waals surface area (Å²) in [5.41, 5.74) is 3.40. The monoisotopic (exact) mass is 530 g/mol. The number of hydrogen-bond acceptors (Lipinski definition) is 9. The Morgan fingerprint density at radius 1 is 1.05 bits per heavy atom. The Balaban J connectivity index is 1.56. The molecule has 5 rings (SSSR count). The third-order valence-electron chi connectivity index (χ3n) is 5.72. The van der Waals surface area contributed by atoms with Gasteiger partial charge in [0.15, 0.2) is 28.1 Å². The number of nitrogens with one attached hydrogen (secondary N) is 1. The number of nitrogens with zero attached hydrogens (tertiary/aromatic N) is 5. The number of carbonyl (C=O) groups is 1.